The molecule has 0 N–H and O–H groups in total. The Morgan fingerprint density at radius 1 is 0.826 bits per heavy atom. The van der Waals surface area contributed by atoms with Crippen LogP contribution in [0.15, 0.2) is 54.6 Å². The third-order valence-corrected chi connectivity index (χ3v) is 5.95. The van der Waals surface area contributed by atoms with Crippen LogP contribution in [0.1, 0.15) is 26.3 Å². The van der Waals surface area contributed by atoms with E-state index in [0.29, 0.717) is 20.5 Å². The van der Waals surface area contributed by atoms with E-state index in [1.807, 2.05) is 39.0 Å². The molecule has 0 amide bonds. The lowest BCUT2D eigenvalue weighted by molar-refractivity contribution is -0.0864. The first-order valence-corrected chi connectivity index (χ1v) is 8.63. The number of fused-ring (bicyclic) bond motifs is 1. The average Bonchev–Trinajstić information content (AvgIpc) is 2.85. The zero-order valence-corrected chi connectivity index (χ0v) is 14.1. The molecule has 1 aromatic heterocycles. The van der Waals surface area contributed by atoms with E-state index in [-0.39, 0.29) is 5.41 Å². The van der Waals surface area contributed by atoms with Gasteiger partial charge < -0.3 is 0 Å². The summed E-state index contributed by atoms with van der Waals surface area (Å²) in [7, 11) is -1.89. The normalized spacial score (nSPS) is 13.6. The predicted octanol–water partition coefficient (Wildman–Crippen LogP) is 7.03. The van der Waals surface area contributed by atoms with Gasteiger partial charge in [-0.05, 0) is 29.2 Å². The van der Waals surface area contributed by atoms with Crippen molar-refractivity contribution in [3.63, 3.8) is 0 Å². The van der Waals surface area contributed by atoms with E-state index in [1.165, 1.54) is 0 Å². The van der Waals surface area contributed by atoms with E-state index in [9.17, 15) is 13.2 Å². The molecular formula is C19H18F3S+. The van der Waals surface area contributed by atoms with Crippen molar-refractivity contribution in [3.8, 4) is 10.4 Å². The molecule has 3 aromatic rings. The van der Waals surface area contributed by atoms with Gasteiger partial charge in [0.25, 0.3) is 0 Å². The third-order valence-electron chi connectivity index (χ3n) is 3.90. The van der Waals surface area contributed by atoms with Gasteiger partial charge in [0, 0.05) is 23.1 Å². The maximum Gasteiger partial charge on any atom is 0.601 e. The lowest BCUT2D eigenvalue weighted by Crippen LogP contribution is -2.10. The van der Waals surface area contributed by atoms with Gasteiger partial charge in [-0.15, -0.1) is 13.2 Å². The molecule has 1 atom stereocenters. The Bertz CT molecular complexity index is 837. The Balaban J connectivity index is 2.34. The molecule has 3 rings (SSSR count). The minimum absolute atomic E-state index is 0.175. The van der Waals surface area contributed by atoms with Gasteiger partial charge in [0.05, 0.1) is 0 Å². The lowest BCUT2D eigenvalue weighted by Gasteiger charge is -2.18. The van der Waals surface area contributed by atoms with Crippen molar-refractivity contribution in [1.82, 2.24) is 0 Å². The molecular weight excluding hydrogens is 317 g/mol. The largest absolute Gasteiger partial charge is 0.601 e. The molecule has 0 nitrogen and oxygen atoms in total. The molecule has 120 valence electrons. The summed E-state index contributed by atoms with van der Waals surface area (Å²) in [5, 5.41) is 0.678. The van der Waals surface area contributed by atoms with Crippen molar-refractivity contribution in [1.29, 1.82) is 0 Å². The Labute approximate surface area is 136 Å². The zero-order chi connectivity index (χ0) is 16.8. The van der Waals surface area contributed by atoms with Crippen LogP contribution in [0.3, 0.4) is 0 Å². The number of rotatable bonds is 1. The molecule has 0 aliphatic heterocycles. The fourth-order valence-electron chi connectivity index (χ4n) is 2.67. The van der Waals surface area contributed by atoms with Gasteiger partial charge in [-0.2, -0.15) is 0 Å². The van der Waals surface area contributed by atoms with E-state index in [4.69, 9.17) is 0 Å². The van der Waals surface area contributed by atoms with Crippen LogP contribution < -0.4 is 0 Å². The highest BCUT2D eigenvalue weighted by Crippen LogP contribution is 2.54. The molecule has 1 unspecified atom stereocenters. The Kier molecular flexibility index (Phi) is 3.75. The summed E-state index contributed by atoms with van der Waals surface area (Å²) >= 11 is 0. The van der Waals surface area contributed by atoms with E-state index in [0.717, 1.165) is 5.56 Å². The molecule has 0 aliphatic carbocycles. The average molecular weight is 335 g/mol. The molecule has 0 saturated heterocycles. The Morgan fingerprint density at radius 3 is 2.04 bits per heavy atom. The zero-order valence-electron chi connectivity index (χ0n) is 13.2. The molecule has 0 aliphatic rings. The van der Waals surface area contributed by atoms with Crippen LogP contribution in [0.2, 0.25) is 0 Å². The number of thiophene rings is 1. The first-order valence-electron chi connectivity index (χ1n) is 7.41. The van der Waals surface area contributed by atoms with Crippen LogP contribution in [0.5, 0.6) is 0 Å². The Morgan fingerprint density at radius 2 is 1.48 bits per heavy atom. The summed E-state index contributed by atoms with van der Waals surface area (Å²) in [4.78, 5) is 0.360. The van der Waals surface area contributed by atoms with E-state index >= 15 is 0 Å². The molecule has 0 fully saturated rings. The second kappa shape index (κ2) is 5.38. The summed E-state index contributed by atoms with van der Waals surface area (Å²) in [5.74, 6) is 0. The van der Waals surface area contributed by atoms with Crippen molar-refractivity contribution in [2.24, 2.45) is 0 Å². The predicted molar refractivity (Wildman–Crippen MR) is 91.9 cm³/mol. The van der Waals surface area contributed by atoms with Crippen LogP contribution in [-0.4, -0.2) is 0 Å². The molecule has 0 radical (unpaired) electrons. The lowest BCUT2D eigenvalue weighted by atomic mass is 9.87. The van der Waals surface area contributed by atoms with Crippen LogP contribution in [0, 0.1) is 0 Å². The van der Waals surface area contributed by atoms with Gasteiger partial charge in [0.1, 0.15) is 10.5 Å². The van der Waals surface area contributed by atoms with E-state index in [1.54, 1.807) is 36.4 Å². The van der Waals surface area contributed by atoms with Crippen molar-refractivity contribution in [2.45, 2.75) is 31.7 Å². The number of hydrogen-bond acceptors (Lipinski definition) is 0. The number of halogens is 3. The van der Waals surface area contributed by atoms with Crippen molar-refractivity contribution in [3.05, 3.63) is 60.2 Å². The number of alkyl halides is 3. The first kappa shape index (κ1) is 16.1. The fourth-order valence-corrected chi connectivity index (χ4v) is 4.63. The topological polar surface area (TPSA) is 0 Å². The van der Waals surface area contributed by atoms with Gasteiger partial charge in [0.15, 0.2) is 9.58 Å². The molecule has 4 heteroatoms. The molecule has 0 saturated carbocycles. The summed E-state index contributed by atoms with van der Waals surface area (Å²) in [5.41, 5.74) is -2.88. The van der Waals surface area contributed by atoms with Crippen LogP contribution in [0.4, 0.5) is 13.2 Å². The molecule has 1 heterocycles. The molecule has 0 spiro atoms. The number of benzene rings is 2. The minimum atomic E-state index is -4.27. The quantitative estimate of drug-likeness (QED) is 0.419. The highest BCUT2D eigenvalue weighted by atomic mass is 32.2. The summed E-state index contributed by atoms with van der Waals surface area (Å²) in [6, 6.07) is 16.0. The standard InChI is InChI=1S/C19H18F3S/c1-18(2,3)15-10-9-14-11-16(13-7-5-4-6-8-13)23(17(14)12-15)19(20,21)22/h4-12H,1-3H3/q+1. The second-order valence-corrected chi connectivity index (χ2v) is 8.58. The van der Waals surface area contributed by atoms with Gasteiger partial charge in [-0.3, -0.25) is 0 Å². The Hall–Kier alpha value is -1.81. The smallest absolute Gasteiger partial charge is 0.118 e. The highest BCUT2D eigenvalue weighted by molar-refractivity contribution is 7.41. The molecule has 0 bridgehead atoms. The number of hydrogen-bond donors (Lipinski definition) is 0. The molecule has 23 heavy (non-hydrogen) atoms. The third kappa shape index (κ3) is 3.00. The van der Waals surface area contributed by atoms with Gasteiger partial charge in [0.2, 0.25) is 0 Å². The van der Waals surface area contributed by atoms with Crippen molar-refractivity contribution in [2.75, 3.05) is 0 Å². The molecule has 2 aromatic carbocycles. The maximum atomic E-state index is 13.8. The van der Waals surface area contributed by atoms with E-state index in [2.05, 4.69) is 0 Å². The summed E-state index contributed by atoms with van der Waals surface area (Å²) in [6.07, 6.45) is 0. The monoisotopic (exact) mass is 335 g/mol. The van der Waals surface area contributed by atoms with Crippen molar-refractivity contribution < 1.29 is 13.2 Å². The van der Waals surface area contributed by atoms with Crippen LogP contribution in [-0.2, 0) is 10.9 Å². The van der Waals surface area contributed by atoms with Gasteiger partial charge >= 0.3 is 5.51 Å². The summed E-state index contributed by atoms with van der Waals surface area (Å²) in [6.45, 7) is 6.04. The maximum absolute atomic E-state index is 13.8. The van der Waals surface area contributed by atoms with Gasteiger partial charge in [-0.1, -0.05) is 45.0 Å². The van der Waals surface area contributed by atoms with Crippen LogP contribution >= 0.6 is 10.5 Å². The SMILES string of the molecule is CC(C)(C)c1ccc2cc(-c3ccccc3)[s+](C(F)(F)F)c2c1. The first-order chi connectivity index (χ1) is 10.7. The van der Waals surface area contributed by atoms with Gasteiger partial charge in [-0.25, -0.2) is 0 Å². The fraction of sp³-hybridized carbons (Fsp3) is 0.263. The minimum Gasteiger partial charge on any atom is -0.118 e. The van der Waals surface area contributed by atoms with Crippen LogP contribution in [0.25, 0.3) is 20.5 Å². The summed E-state index contributed by atoms with van der Waals surface area (Å²) < 4.78 is 41.7. The van der Waals surface area contributed by atoms with E-state index < -0.39 is 16.0 Å². The van der Waals surface area contributed by atoms with Crippen molar-refractivity contribution >= 4 is 20.6 Å². The second-order valence-electron chi connectivity index (χ2n) is 6.63. The highest BCUT2D eigenvalue weighted by Gasteiger charge is 2.48.